The first-order valence-corrected chi connectivity index (χ1v) is 15.4. The number of nitrogens with zero attached hydrogens (tertiary/aromatic N) is 3. The highest BCUT2D eigenvalue weighted by atomic mass is 16.1. The zero-order valence-corrected chi connectivity index (χ0v) is 23.7. The van der Waals surface area contributed by atoms with Gasteiger partial charge in [-0.25, -0.2) is 0 Å². The van der Waals surface area contributed by atoms with Crippen LogP contribution in [-0.2, 0) is 0 Å². The van der Waals surface area contributed by atoms with Crippen molar-refractivity contribution in [3.8, 4) is 5.69 Å². The van der Waals surface area contributed by atoms with Crippen LogP contribution >= 0.6 is 0 Å². The highest BCUT2D eigenvalue weighted by molar-refractivity contribution is 6.88. The van der Waals surface area contributed by atoms with Crippen LogP contribution in [0.2, 0.25) is 0 Å². The third kappa shape index (κ3) is 2.57. The molecule has 0 unspecified atom stereocenters. The van der Waals surface area contributed by atoms with Crippen molar-refractivity contribution in [1.82, 2.24) is 9.27 Å². The lowest BCUT2D eigenvalue weighted by molar-refractivity contribution is 0.755. The average molecular weight is 561 g/mol. The summed E-state index contributed by atoms with van der Waals surface area (Å²) >= 11 is 0. The highest BCUT2D eigenvalue weighted by Gasteiger charge is 2.46. The molecule has 0 saturated heterocycles. The third-order valence-corrected chi connectivity index (χ3v) is 10.5. The van der Waals surface area contributed by atoms with Gasteiger partial charge in [-0.15, -0.1) is 0 Å². The fourth-order valence-corrected chi connectivity index (χ4v) is 8.87. The first kappa shape index (κ1) is 23.0. The number of rotatable bonds is 1. The summed E-state index contributed by atoms with van der Waals surface area (Å²) < 4.78 is 4.24. The molecular weight excluding hydrogens is 537 g/mol. The van der Waals surface area contributed by atoms with Crippen molar-refractivity contribution in [3.63, 3.8) is 0 Å². The Bertz CT molecular complexity index is 2410. The number of hydrogen-bond acceptors (Lipinski definition) is 2. The lowest BCUT2D eigenvalue weighted by atomic mass is 9.48. The van der Waals surface area contributed by atoms with Crippen LogP contribution in [0.5, 0.6) is 0 Å². The molecule has 0 spiro atoms. The summed E-state index contributed by atoms with van der Waals surface area (Å²) in [5, 5.41) is 0.797. The van der Waals surface area contributed by atoms with Gasteiger partial charge in [-0.3, -0.25) is 14.1 Å². The van der Waals surface area contributed by atoms with Crippen LogP contribution < -0.4 is 21.4 Å². The second-order valence-corrected chi connectivity index (χ2v) is 12.4. The molecule has 3 heterocycles. The maximum Gasteiger partial charge on any atom is 0.357 e. The monoisotopic (exact) mass is 561 g/mol. The summed E-state index contributed by atoms with van der Waals surface area (Å²) in [6.45, 7) is -0.194. The smallest absolute Gasteiger partial charge is 0.311 e. The molecule has 5 heteroatoms. The molecule has 6 aromatic carbocycles. The number of hydrogen-bond donors (Lipinski definition) is 0. The van der Waals surface area contributed by atoms with Gasteiger partial charge >= 0.3 is 6.85 Å². The molecule has 0 amide bonds. The lowest BCUT2D eigenvalue weighted by Gasteiger charge is -2.42. The fourth-order valence-electron chi connectivity index (χ4n) is 8.87. The minimum atomic E-state index is -0.194. The van der Waals surface area contributed by atoms with E-state index >= 15 is 0 Å². The number of benzene rings is 6. The Morgan fingerprint density at radius 3 is 1.80 bits per heavy atom. The Labute approximate surface area is 254 Å². The van der Waals surface area contributed by atoms with E-state index in [1.54, 1.807) is 0 Å². The molecule has 2 bridgehead atoms. The Morgan fingerprint density at radius 2 is 1.09 bits per heavy atom. The van der Waals surface area contributed by atoms with Gasteiger partial charge in [0.1, 0.15) is 0 Å². The lowest BCUT2D eigenvalue weighted by Crippen LogP contribution is -2.55. The van der Waals surface area contributed by atoms with Crippen LogP contribution in [0.15, 0.2) is 138 Å². The van der Waals surface area contributed by atoms with Gasteiger partial charge in [-0.2, -0.15) is 0 Å². The number of fused-ring (bicyclic) bond motifs is 7. The molecule has 44 heavy (non-hydrogen) atoms. The summed E-state index contributed by atoms with van der Waals surface area (Å²) in [6, 6.07) is 47.9. The second kappa shape index (κ2) is 7.88. The standard InChI is InChI=1S/C39H24BN3O/c44-39-30-21-28-29(37-26-15-6-4-13-24(26)36(28)25-14-5-7-16-27(25)37)22-35(30)42-34-20-10-19-33-38(34)40(43(39)42)31-17-8-9-18-32(31)41(33)23-11-2-1-3-12-23/h1-22,36-37H. The van der Waals surface area contributed by atoms with Gasteiger partial charge < -0.3 is 4.90 Å². The van der Waals surface area contributed by atoms with Gasteiger partial charge in [0.25, 0.3) is 5.56 Å². The second-order valence-electron chi connectivity index (χ2n) is 12.4. The molecule has 7 aromatic rings. The molecule has 2 aliphatic heterocycles. The molecule has 204 valence electrons. The SMILES string of the molecule is O=c1c2cc3c(cc2n2n1B1c4ccccc4N(c4ccccc4)c4cccc-2c41)C1c2ccccc2C3c2ccccc21. The Hall–Kier alpha value is -5.55. The summed E-state index contributed by atoms with van der Waals surface area (Å²) in [5.41, 5.74) is 15.9. The number of para-hydroxylation sites is 2. The van der Waals surface area contributed by atoms with E-state index in [0.717, 1.165) is 39.1 Å². The van der Waals surface area contributed by atoms with Crippen LogP contribution in [0.3, 0.4) is 0 Å². The molecular formula is C39H24BN3O. The molecule has 0 fully saturated rings. The quantitative estimate of drug-likeness (QED) is 0.214. The summed E-state index contributed by atoms with van der Waals surface area (Å²) in [5.74, 6) is 0.297. The van der Waals surface area contributed by atoms with E-state index in [1.165, 1.54) is 38.8 Å². The van der Waals surface area contributed by atoms with Crippen LogP contribution in [-0.4, -0.2) is 16.1 Å². The van der Waals surface area contributed by atoms with Crippen molar-refractivity contribution in [1.29, 1.82) is 0 Å². The number of anilines is 3. The molecule has 12 rings (SSSR count). The van der Waals surface area contributed by atoms with Gasteiger partial charge in [0.05, 0.1) is 16.6 Å². The van der Waals surface area contributed by atoms with Crippen molar-refractivity contribution in [2.75, 3.05) is 4.90 Å². The van der Waals surface area contributed by atoms with Gasteiger partial charge in [0.2, 0.25) is 0 Å². The summed E-state index contributed by atoms with van der Waals surface area (Å²) in [4.78, 5) is 17.0. The predicted molar refractivity (Wildman–Crippen MR) is 177 cm³/mol. The topological polar surface area (TPSA) is 30.2 Å². The maximum absolute atomic E-state index is 14.7. The fraction of sp³-hybridized carbons (Fsp3) is 0.0513. The number of aromatic nitrogens is 2. The predicted octanol–water partition coefficient (Wildman–Crippen LogP) is 6.53. The Balaban J connectivity index is 1.22. The largest absolute Gasteiger partial charge is 0.357 e. The van der Waals surface area contributed by atoms with Crippen LogP contribution in [0.4, 0.5) is 17.1 Å². The molecule has 0 radical (unpaired) electrons. The Kier molecular flexibility index (Phi) is 4.12. The zero-order valence-electron chi connectivity index (χ0n) is 23.7. The van der Waals surface area contributed by atoms with Gasteiger partial charge in [0, 0.05) is 34.4 Å². The highest BCUT2D eigenvalue weighted by Crippen LogP contribution is 2.56. The van der Waals surface area contributed by atoms with E-state index < -0.39 is 0 Å². The summed E-state index contributed by atoms with van der Waals surface area (Å²) in [6.07, 6.45) is 0. The minimum absolute atomic E-state index is 0.0703. The molecule has 0 saturated carbocycles. The van der Waals surface area contributed by atoms with Gasteiger partial charge in [0.15, 0.2) is 0 Å². The molecule has 4 nitrogen and oxygen atoms in total. The van der Waals surface area contributed by atoms with Gasteiger partial charge in [-0.1, -0.05) is 91.0 Å². The molecule has 3 aliphatic carbocycles. The molecule has 0 N–H and O–H groups in total. The maximum atomic E-state index is 14.7. The van der Waals surface area contributed by atoms with Gasteiger partial charge in [-0.05, 0) is 81.3 Å². The van der Waals surface area contributed by atoms with Crippen LogP contribution in [0.25, 0.3) is 16.6 Å². The Morgan fingerprint density at radius 1 is 0.523 bits per heavy atom. The van der Waals surface area contributed by atoms with E-state index in [4.69, 9.17) is 0 Å². The molecule has 0 atom stereocenters. The first-order valence-electron chi connectivity index (χ1n) is 15.4. The third-order valence-electron chi connectivity index (χ3n) is 10.5. The van der Waals surface area contributed by atoms with Crippen LogP contribution in [0.1, 0.15) is 45.2 Å². The van der Waals surface area contributed by atoms with Crippen molar-refractivity contribution in [2.24, 2.45) is 0 Å². The van der Waals surface area contributed by atoms with Crippen molar-refractivity contribution in [3.05, 3.63) is 177 Å². The van der Waals surface area contributed by atoms with Crippen molar-refractivity contribution < 1.29 is 0 Å². The zero-order chi connectivity index (χ0) is 28.7. The van der Waals surface area contributed by atoms with E-state index in [0.29, 0.717) is 0 Å². The van der Waals surface area contributed by atoms with Crippen LogP contribution in [0, 0.1) is 0 Å². The van der Waals surface area contributed by atoms with E-state index in [9.17, 15) is 4.79 Å². The van der Waals surface area contributed by atoms with E-state index in [-0.39, 0.29) is 24.2 Å². The summed E-state index contributed by atoms with van der Waals surface area (Å²) in [7, 11) is 0. The van der Waals surface area contributed by atoms with E-state index in [1.807, 2.05) is 4.59 Å². The molecule has 5 aliphatic rings. The van der Waals surface area contributed by atoms with Crippen molar-refractivity contribution in [2.45, 2.75) is 11.8 Å². The first-order chi connectivity index (χ1) is 21.8. The van der Waals surface area contributed by atoms with E-state index in [2.05, 4.69) is 143 Å². The van der Waals surface area contributed by atoms with Crippen molar-refractivity contribution >= 4 is 45.7 Å². The normalized spacial score (nSPS) is 17.5. The molecule has 1 aromatic heterocycles. The average Bonchev–Trinajstić information content (AvgIpc) is 3.57. The minimum Gasteiger partial charge on any atom is -0.311 e.